The van der Waals surface area contributed by atoms with Crippen molar-refractivity contribution in [3.63, 3.8) is 0 Å². The van der Waals surface area contributed by atoms with Crippen LogP contribution >= 0.6 is 0 Å². The Hall–Kier alpha value is -0.990. The first-order valence-electron chi connectivity index (χ1n) is 9.98. The van der Waals surface area contributed by atoms with E-state index < -0.39 is 10.0 Å². The van der Waals surface area contributed by atoms with Crippen LogP contribution < -0.4 is 0 Å². The molecule has 4 rings (SSSR count). The second-order valence-electron chi connectivity index (χ2n) is 8.48. The van der Waals surface area contributed by atoms with E-state index in [0.29, 0.717) is 13.1 Å². The van der Waals surface area contributed by atoms with Gasteiger partial charge in [0, 0.05) is 32.7 Å². The van der Waals surface area contributed by atoms with E-state index in [9.17, 15) is 13.5 Å². The van der Waals surface area contributed by atoms with Crippen LogP contribution in [0.4, 0.5) is 0 Å². The maximum atomic E-state index is 12.7. The van der Waals surface area contributed by atoms with E-state index in [0.717, 1.165) is 57.5 Å². The fourth-order valence-corrected chi connectivity index (χ4v) is 6.28. The molecule has 0 aliphatic carbocycles. The summed E-state index contributed by atoms with van der Waals surface area (Å²) >= 11 is 0. The van der Waals surface area contributed by atoms with Gasteiger partial charge in [-0.2, -0.15) is 0 Å². The third-order valence-corrected chi connectivity index (χ3v) is 8.21. The van der Waals surface area contributed by atoms with E-state index >= 15 is 0 Å². The fourth-order valence-electron chi connectivity index (χ4n) is 4.74. The zero-order chi connectivity index (χ0) is 18.9. The summed E-state index contributed by atoms with van der Waals surface area (Å²) in [6, 6.07) is 9.40. The molecule has 1 aromatic carbocycles. The van der Waals surface area contributed by atoms with Crippen LogP contribution in [-0.4, -0.2) is 74.3 Å². The molecule has 7 heteroatoms. The van der Waals surface area contributed by atoms with Crippen molar-refractivity contribution in [2.45, 2.75) is 43.6 Å². The normalized spacial score (nSPS) is 29.5. The quantitative estimate of drug-likeness (QED) is 0.819. The number of aliphatic hydroxyl groups excluding tert-OH is 1. The molecule has 0 aromatic heterocycles. The minimum atomic E-state index is -3.26. The van der Waals surface area contributed by atoms with E-state index in [1.54, 1.807) is 4.31 Å². The van der Waals surface area contributed by atoms with Gasteiger partial charge in [-0.05, 0) is 36.7 Å². The molecule has 0 unspecified atom stereocenters. The molecule has 3 aliphatic rings. The van der Waals surface area contributed by atoms with Gasteiger partial charge in [-0.25, -0.2) is 12.7 Å². The molecule has 6 nitrogen and oxygen atoms in total. The highest BCUT2D eigenvalue weighted by Gasteiger charge is 2.44. The van der Waals surface area contributed by atoms with Gasteiger partial charge in [-0.1, -0.05) is 30.3 Å². The largest absolute Gasteiger partial charge is 0.392 e. The summed E-state index contributed by atoms with van der Waals surface area (Å²) in [5, 5.41) is 9.68. The maximum Gasteiger partial charge on any atom is 0.218 e. The first-order chi connectivity index (χ1) is 12.9. The molecule has 27 heavy (non-hydrogen) atoms. The van der Waals surface area contributed by atoms with Crippen LogP contribution in [0.15, 0.2) is 30.3 Å². The molecule has 0 bridgehead atoms. The predicted molar refractivity (Wildman–Crippen MR) is 104 cm³/mol. The Morgan fingerprint density at radius 3 is 2.56 bits per heavy atom. The molecule has 3 heterocycles. The standard InChI is InChI=1S/C20H30N2O4S/c23-18-6-9-21(13-18)14-19-12-20(16-26-19)7-10-22(11-8-20)27(24,25)15-17-4-2-1-3-5-17/h1-5,18-19,23H,6-16H2/t18-,19+/m0/s1. The summed E-state index contributed by atoms with van der Waals surface area (Å²) < 4.78 is 33.2. The van der Waals surface area contributed by atoms with Gasteiger partial charge in [-0.15, -0.1) is 0 Å². The van der Waals surface area contributed by atoms with Crippen molar-refractivity contribution in [2.24, 2.45) is 5.41 Å². The number of likely N-dealkylation sites (tertiary alicyclic amines) is 1. The number of sulfonamides is 1. The number of hydrogen-bond donors (Lipinski definition) is 1. The topological polar surface area (TPSA) is 70.1 Å². The molecule has 150 valence electrons. The molecule has 1 N–H and O–H groups in total. The van der Waals surface area contributed by atoms with E-state index in [-0.39, 0.29) is 23.4 Å². The Morgan fingerprint density at radius 2 is 1.89 bits per heavy atom. The van der Waals surface area contributed by atoms with Crippen molar-refractivity contribution in [2.75, 3.05) is 39.3 Å². The number of aliphatic hydroxyl groups is 1. The zero-order valence-electron chi connectivity index (χ0n) is 15.8. The summed E-state index contributed by atoms with van der Waals surface area (Å²) in [5.41, 5.74) is 0.969. The Balaban J connectivity index is 1.29. The van der Waals surface area contributed by atoms with Crippen LogP contribution in [0.1, 0.15) is 31.2 Å². The Kier molecular flexibility index (Phi) is 5.58. The SMILES string of the molecule is O=S(=O)(Cc1ccccc1)N1CCC2(CC1)CO[C@@H](CN1CC[C@H](O)C1)C2. The van der Waals surface area contributed by atoms with Gasteiger partial charge in [0.25, 0.3) is 0 Å². The van der Waals surface area contributed by atoms with Crippen molar-refractivity contribution < 1.29 is 18.3 Å². The lowest BCUT2D eigenvalue weighted by atomic mass is 9.77. The van der Waals surface area contributed by atoms with Crippen LogP contribution in [0.5, 0.6) is 0 Å². The van der Waals surface area contributed by atoms with E-state index in [2.05, 4.69) is 4.90 Å². The Morgan fingerprint density at radius 1 is 1.15 bits per heavy atom. The van der Waals surface area contributed by atoms with Crippen LogP contribution in [0, 0.1) is 5.41 Å². The summed E-state index contributed by atoms with van der Waals surface area (Å²) in [7, 11) is -3.26. The highest BCUT2D eigenvalue weighted by Crippen LogP contribution is 2.42. The minimum Gasteiger partial charge on any atom is -0.392 e. The molecule has 3 aliphatic heterocycles. The van der Waals surface area contributed by atoms with E-state index in [1.807, 2.05) is 30.3 Å². The van der Waals surface area contributed by atoms with Crippen molar-refractivity contribution in [1.29, 1.82) is 0 Å². The van der Waals surface area contributed by atoms with Crippen molar-refractivity contribution >= 4 is 10.0 Å². The molecule has 0 amide bonds. The first-order valence-corrected chi connectivity index (χ1v) is 11.6. The predicted octanol–water partition coefficient (Wildman–Crippen LogP) is 1.45. The van der Waals surface area contributed by atoms with Crippen molar-refractivity contribution in [3.05, 3.63) is 35.9 Å². The lowest BCUT2D eigenvalue weighted by Gasteiger charge is -2.37. The van der Waals surface area contributed by atoms with Gasteiger partial charge in [0.15, 0.2) is 0 Å². The number of nitrogens with zero attached hydrogens (tertiary/aromatic N) is 2. The minimum absolute atomic E-state index is 0.0806. The highest BCUT2D eigenvalue weighted by atomic mass is 32.2. The molecule has 0 radical (unpaired) electrons. The van der Waals surface area contributed by atoms with Crippen LogP contribution in [-0.2, 0) is 20.5 Å². The van der Waals surface area contributed by atoms with Crippen LogP contribution in [0.25, 0.3) is 0 Å². The molecule has 3 saturated heterocycles. The van der Waals surface area contributed by atoms with Gasteiger partial charge in [0.1, 0.15) is 0 Å². The number of hydrogen-bond acceptors (Lipinski definition) is 5. The molecular formula is C20H30N2O4S. The number of ether oxygens (including phenoxy) is 1. The van der Waals surface area contributed by atoms with E-state index in [4.69, 9.17) is 4.74 Å². The van der Waals surface area contributed by atoms with Gasteiger partial charge in [0.05, 0.1) is 24.6 Å². The van der Waals surface area contributed by atoms with Gasteiger partial charge >= 0.3 is 0 Å². The molecule has 2 atom stereocenters. The number of piperidine rings is 1. The summed E-state index contributed by atoms with van der Waals surface area (Å²) in [6.07, 6.45) is 3.62. The van der Waals surface area contributed by atoms with E-state index in [1.165, 1.54) is 0 Å². The van der Waals surface area contributed by atoms with Gasteiger partial charge in [0.2, 0.25) is 10.0 Å². The number of benzene rings is 1. The first kappa shape index (κ1) is 19.3. The highest BCUT2D eigenvalue weighted by molar-refractivity contribution is 7.88. The molecule has 1 aromatic rings. The molecule has 0 saturated carbocycles. The summed E-state index contributed by atoms with van der Waals surface area (Å²) in [4.78, 5) is 2.29. The monoisotopic (exact) mass is 394 g/mol. The second-order valence-corrected chi connectivity index (χ2v) is 10.4. The lowest BCUT2D eigenvalue weighted by molar-refractivity contribution is 0.0598. The Labute approximate surface area is 162 Å². The third kappa shape index (κ3) is 4.54. The number of β-amino-alcohol motifs (C(OH)–C–C–N with tert-alkyl or cyclic N) is 1. The fraction of sp³-hybridized carbons (Fsp3) is 0.700. The van der Waals surface area contributed by atoms with Crippen LogP contribution in [0.2, 0.25) is 0 Å². The smallest absolute Gasteiger partial charge is 0.218 e. The molecule has 1 spiro atoms. The Bertz CT molecular complexity index is 732. The average Bonchev–Trinajstić information content (AvgIpc) is 3.22. The van der Waals surface area contributed by atoms with Crippen molar-refractivity contribution in [1.82, 2.24) is 9.21 Å². The number of rotatable bonds is 5. The second kappa shape index (κ2) is 7.79. The average molecular weight is 395 g/mol. The lowest BCUT2D eigenvalue weighted by Crippen LogP contribution is -2.44. The van der Waals surface area contributed by atoms with Crippen LogP contribution in [0.3, 0.4) is 0 Å². The molecular weight excluding hydrogens is 364 g/mol. The maximum absolute atomic E-state index is 12.7. The van der Waals surface area contributed by atoms with Gasteiger partial charge < -0.3 is 9.84 Å². The third-order valence-electron chi connectivity index (χ3n) is 6.36. The van der Waals surface area contributed by atoms with Gasteiger partial charge in [-0.3, -0.25) is 4.90 Å². The van der Waals surface area contributed by atoms with Crippen molar-refractivity contribution in [3.8, 4) is 0 Å². The zero-order valence-corrected chi connectivity index (χ0v) is 16.6. The summed E-state index contributed by atoms with van der Waals surface area (Å²) in [5.74, 6) is 0.0806. The molecule has 3 fully saturated rings. The summed E-state index contributed by atoms with van der Waals surface area (Å²) in [6.45, 7) is 4.49.